The van der Waals surface area contributed by atoms with Crippen LogP contribution in [0.2, 0.25) is 5.02 Å². The summed E-state index contributed by atoms with van der Waals surface area (Å²) in [4.78, 5) is 32.1. The van der Waals surface area contributed by atoms with Crippen molar-refractivity contribution >= 4 is 34.7 Å². The number of aryl methyl sites for hydroxylation is 3. The minimum absolute atomic E-state index is 0.0196. The first-order chi connectivity index (χ1) is 15.7. The number of anilines is 1. The number of Topliss-reactive ketones (excluding diaryl/α,β-unsaturated/α-hetero) is 1. The van der Waals surface area contributed by atoms with Crippen molar-refractivity contribution in [2.24, 2.45) is 0 Å². The van der Waals surface area contributed by atoms with Crippen molar-refractivity contribution in [1.29, 1.82) is 0 Å². The monoisotopic (exact) mass is 462 g/mol. The lowest BCUT2D eigenvalue weighted by molar-refractivity contribution is -0.132. The van der Waals surface area contributed by atoms with Crippen LogP contribution < -0.4 is 9.64 Å². The van der Waals surface area contributed by atoms with Gasteiger partial charge in [-0.15, -0.1) is 0 Å². The van der Waals surface area contributed by atoms with Crippen LogP contribution in [0.3, 0.4) is 0 Å². The number of hydrogen-bond donors (Lipinski definition) is 1. The quantitative estimate of drug-likeness (QED) is 0.323. The summed E-state index contributed by atoms with van der Waals surface area (Å²) in [5.41, 5.74) is 3.93. The molecule has 0 aliphatic carbocycles. The number of methoxy groups -OCH3 is 1. The van der Waals surface area contributed by atoms with Crippen LogP contribution in [0.25, 0.3) is 5.76 Å². The average molecular weight is 463 g/mol. The number of aliphatic hydroxyl groups is 1. The van der Waals surface area contributed by atoms with Crippen LogP contribution in [0.15, 0.2) is 60.4 Å². The molecule has 168 valence electrons. The number of carbonyl (C=O) groups is 2. The third-order valence-corrected chi connectivity index (χ3v) is 6.01. The van der Waals surface area contributed by atoms with Gasteiger partial charge >= 0.3 is 0 Å². The van der Waals surface area contributed by atoms with E-state index in [0.29, 0.717) is 27.6 Å². The van der Waals surface area contributed by atoms with E-state index in [1.54, 1.807) is 48.8 Å². The fraction of sp³-hybridized carbons (Fsp3) is 0.192. The highest BCUT2D eigenvalue weighted by Gasteiger charge is 2.47. The number of ether oxygens (including phenoxy) is 1. The van der Waals surface area contributed by atoms with Crippen molar-refractivity contribution < 1.29 is 19.4 Å². The highest BCUT2D eigenvalue weighted by atomic mass is 35.5. The van der Waals surface area contributed by atoms with Crippen molar-refractivity contribution in [3.8, 4) is 5.75 Å². The van der Waals surface area contributed by atoms with Gasteiger partial charge in [-0.1, -0.05) is 23.7 Å². The Kier molecular flexibility index (Phi) is 5.95. The number of pyridine rings is 1. The molecule has 33 heavy (non-hydrogen) atoms. The third kappa shape index (κ3) is 3.87. The fourth-order valence-electron chi connectivity index (χ4n) is 4.33. The first kappa shape index (κ1) is 22.6. The van der Waals surface area contributed by atoms with Crippen molar-refractivity contribution in [3.63, 3.8) is 0 Å². The lowest BCUT2D eigenvalue weighted by Crippen LogP contribution is -2.30. The Labute approximate surface area is 197 Å². The standard InChI is InChI=1S/C26H23ClN2O4/c1-14-11-16(3)25(33-4)19(12-14)23(30)21-22(17-7-9-28-10-8-17)29(26(32)24(21)31)20-13-18(27)6-5-15(20)2/h5-13,22,30H,1-4H3/b23-21+. The van der Waals surface area contributed by atoms with E-state index < -0.39 is 17.7 Å². The molecule has 4 rings (SSSR count). The molecule has 0 spiro atoms. The molecule has 0 bridgehead atoms. The van der Waals surface area contributed by atoms with Gasteiger partial charge in [-0.2, -0.15) is 0 Å². The molecule has 3 aromatic rings. The lowest BCUT2D eigenvalue weighted by atomic mass is 9.94. The second-order valence-corrected chi connectivity index (χ2v) is 8.48. The summed E-state index contributed by atoms with van der Waals surface area (Å²) in [5, 5.41) is 11.9. The van der Waals surface area contributed by atoms with Gasteiger partial charge in [-0.3, -0.25) is 19.5 Å². The zero-order chi connectivity index (χ0) is 23.9. The zero-order valence-electron chi connectivity index (χ0n) is 18.7. The van der Waals surface area contributed by atoms with E-state index in [-0.39, 0.29) is 11.3 Å². The number of halogens is 1. The Balaban J connectivity index is 2.03. The van der Waals surface area contributed by atoms with E-state index in [0.717, 1.165) is 16.7 Å². The molecule has 2 aromatic carbocycles. The van der Waals surface area contributed by atoms with Crippen molar-refractivity contribution in [3.05, 3.63) is 93.3 Å². The molecule has 1 aliphatic heterocycles. The van der Waals surface area contributed by atoms with E-state index >= 15 is 0 Å². The summed E-state index contributed by atoms with van der Waals surface area (Å²) in [6.45, 7) is 5.58. The van der Waals surface area contributed by atoms with Gasteiger partial charge < -0.3 is 9.84 Å². The molecule has 1 unspecified atom stereocenters. The number of aliphatic hydroxyl groups excluding tert-OH is 1. The molecule has 1 amide bonds. The maximum Gasteiger partial charge on any atom is 0.300 e. The predicted molar refractivity (Wildman–Crippen MR) is 128 cm³/mol. The Morgan fingerprint density at radius 2 is 1.73 bits per heavy atom. The fourth-order valence-corrected chi connectivity index (χ4v) is 4.50. The first-order valence-corrected chi connectivity index (χ1v) is 10.7. The molecule has 1 aliphatic rings. The van der Waals surface area contributed by atoms with Crippen LogP contribution in [0.5, 0.6) is 5.75 Å². The normalized spacial score (nSPS) is 17.5. The zero-order valence-corrected chi connectivity index (χ0v) is 19.5. The van der Waals surface area contributed by atoms with E-state index in [4.69, 9.17) is 16.3 Å². The Hall–Kier alpha value is -3.64. The number of ketones is 1. The Morgan fingerprint density at radius 1 is 1.03 bits per heavy atom. The van der Waals surface area contributed by atoms with E-state index in [9.17, 15) is 14.7 Å². The van der Waals surface area contributed by atoms with Gasteiger partial charge in [0, 0.05) is 23.1 Å². The van der Waals surface area contributed by atoms with Gasteiger partial charge in [-0.25, -0.2) is 0 Å². The van der Waals surface area contributed by atoms with E-state index in [1.165, 1.54) is 12.0 Å². The van der Waals surface area contributed by atoms with Crippen molar-refractivity contribution in [2.45, 2.75) is 26.8 Å². The van der Waals surface area contributed by atoms with E-state index in [1.807, 2.05) is 26.8 Å². The second kappa shape index (κ2) is 8.71. The smallest absolute Gasteiger partial charge is 0.300 e. The van der Waals surface area contributed by atoms with Crippen LogP contribution in [-0.2, 0) is 9.59 Å². The number of carbonyl (C=O) groups excluding carboxylic acids is 2. The summed E-state index contributed by atoms with van der Waals surface area (Å²) in [6, 6.07) is 11.4. The molecule has 6 nitrogen and oxygen atoms in total. The molecule has 1 saturated heterocycles. The summed E-state index contributed by atoms with van der Waals surface area (Å²) < 4.78 is 5.53. The van der Waals surface area contributed by atoms with Gasteiger partial charge in [0.2, 0.25) is 0 Å². The van der Waals surface area contributed by atoms with Gasteiger partial charge in [0.05, 0.1) is 24.3 Å². The van der Waals surface area contributed by atoms with Gasteiger partial charge in [-0.05, 0) is 73.4 Å². The minimum Gasteiger partial charge on any atom is -0.507 e. The Bertz CT molecular complexity index is 1300. The highest BCUT2D eigenvalue weighted by molar-refractivity contribution is 6.52. The first-order valence-electron chi connectivity index (χ1n) is 10.4. The molecule has 7 heteroatoms. The van der Waals surface area contributed by atoms with Gasteiger partial charge in [0.15, 0.2) is 0 Å². The number of aromatic nitrogens is 1. The lowest BCUT2D eigenvalue weighted by Gasteiger charge is -2.27. The molecule has 1 atom stereocenters. The summed E-state index contributed by atoms with van der Waals surface area (Å²) >= 11 is 6.23. The molecular formula is C26H23ClN2O4. The number of hydrogen-bond acceptors (Lipinski definition) is 5. The topological polar surface area (TPSA) is 79.7 Å². The molecule has 1 fully saturated rings. The number of benzene rings is 2. The number of amides is 1. The summed E-state index contributed by atoms with van der Waals surface area (Å²) in [6.07, 6.45) is 3.16. The molecule has 1 aromatic heterocycles. The number of nitrogens with zero attached hydrogens (tertiary/aromatic N) is 2. The van der Waals surface area contributed by atoms with Gasteiger partial charge in [0.1, 0.15) is 11.5 Å². The second-order valence-electron chi connectivity index (χ2n) is 8.04. The maximum atomic E-state index is 13.4. The molecule has 0 saturated carbocycles. The Morgan fingerprint density at radius 3 is 2.39 bits per heavy atom. The molecule has 1 N–H and O–H groups in total. The SMILES string of the molecule is COc1c(C)cc(C)cc1/C(O)=C1\C(=O)C(=O)N(c2cc(Cl)ccc2C)C1c1ccncc1. The van der Waals surface area contributed by atoms with Gasteiger partial charge in [0.25, 0.3) is 11.7 Å². The van der Waals surface area contributed by atoms with Crippen LogP contribution in [-0.4, -0.2) is 28.9 Å². The minimum atomic E-state index is -0.865. The largest absolute Gasteiger partial charge is 0.507 e. The van der Waals surface area contributed by atoms with Crippen LogP contribution in [0, 0.1) is 20.8 Å². The third-order valence-electron chi connectivity index (χ3n) is 5.78. The van der Waals surface area contributed by atoms with Crippen LogP contribution in [0.1, 0.15) is 33.9 Å². The molecule has 0 radical (unpaired) electrons. The molecular weight excluding hydrogens is 440 g/mol. The summed E-state index contributed by atoms with van der Waals surface area (Å²) in [5.74, 6) is -1.38. The summed E-state index contributed by atoms with van der Waals surface area (Å²) in [7, 11) is 1.50. The van der Waals surface area contributed by atoms with Crippen LogP contribution >= 0.6 is 11.6 Å². The molecule has 2 heterocycles. The highest BCUT2D eigenvalue weighted by Crippen LogP contribution is 2.44. The van der Waals surface area contributed by atoms with Crippen LogP contribution in [0.4, 0.5) is 5.69 Å². The van der Waals surface area contributed by atoms with Crippen molar-refractivity contribution in [2.75, 3.05) is 12.0 Å². The maximum absolute atomic E-state index is 13.4. The van der Waals surface area contributed by atoms with Crippen molar-refractivity contribution in [1.82, 2.24) is 4.98 Å². The average Bonchev–Trinajstić information content (AvgIpc) is 3.05. The number of rotatable bonds is 4. The van der Waals surface area contributed by atoms with E-state index in [2.05, 4.69) is 4.98 Å². The predicted octanol–water partition coefficient (Wildman–Crippen LogP) is 5.30.